The molecule has 4 unspecified atom stereocenters. The lowest BCUT2D eigenvalue weighted by Crippen LogP contribution is -2.48. The zero-order chi connectivity index (χ0) is 19.2. The Morgan fingerprint density at radius 2 is 2.04 bits per heavy atom. The first kappa shape index (κ1) is 18.2. The van der Waals surface area contributed by atoms with Crippen LogP contribution < -0.4 is 5.32 Å². The summed E-state index contributed by atoms with van der Waals surface area (Å²) in [6, 6.07) is 9.93. The third-order valence-corrected chi connectivity index (χ3v) is 5.96. The molecule has 2 saturated heterocycles. The molecule has 0 aromatic heterocycles. The van der Waals surface area contributed by atoms with Gasteiger partial charge >= 0.3 is 0 Å². The molecular formula is C21H27N3O3. The molecule has 6 heteroatoms. The highest BCUT2D eigenvalue weighted by Gasteiger charge is 2.70. The van der Waals surface area contributed by atoms with E-state index in [9.17, 15) is 9.59 Å². The second-order valence-corrected chi connectivity index (χ2v) is 8.30. The first-order valence-corrected chi connectivity index (χ1v) is 9.50. The third kappa shape index (κ3) is 2.97. The van der Waals surface area contributed by atoms with Gasteiger partial charge in [-0.1, -0.05) is 42.5 Å². The van der Waals surface area contributed by atoms with Crippen molar-refractivity contribution in [1.29, 1.82) is 0 Å². The summed E-state index contributed by atoms with van der Waals surface area (Å²) in [6.07, 6.45) is 3.98. The van der Waals surface area contributed by atoms with Crippen molar-refractivity contribution in [3.63, 3.8) is 0 Å². The molecule has 0 saturated carbocycles. The van der Waals surface area contributed by atoms with E-state index in [1.807, 2.05) is 73.3 Å². The van der Waals surface area contributed by atoms with Crippen LogP contribution in [0.4, 0.5) is 0 Å². The van der Waals surface area contributed by atoms with Crippen LogP contribution in [0.5, 0.6) is 0 Å². The lowest BCUT2D eigenvalue weighted by atomic mass is 9.72. The molecule has 27 heavy (non-hydrogen) atoms. The maximum atomic E-state index is 13.2. The average Bonchev–Trinajstić information content (AvgIpc) is 3.18. The maximum absolute atomic E-state index is 13.2. The fraction of sp³-hybridized carbons (Fsp3) is 0.524. The van der Waals surface area contributed by atoms with Gasteiger partial charge in [-0.25, -0.2) is 0 Å². The van der Waals surface area contributed by atoms with Gasteiger partial charge in [0.1, 0.15) is 5.60 Å². The Hall–Kier alpha value is -2.18. The minimum atomic E-state index is -0.707. The van der Waals surface area contributed by atoms with E-state index in [0.717, 1.165) is 12.1 Å². The van der Waals surface area contributed by atoms with Gasteiger partial charge in [-0.05, 0) is 26.6 Å². The minimum Gasteiger partial charge on any atom is -0.357 e. The Labute approximate surface area is 160 Å². The number of benzene rings is 1. The van der Waals surface area contributed by atoms with Crippen LogP contribution in [0.15, 0.2) is 42.5 Å². The highest BCUT2D eigenvalue weighted by Crippen LogP contribution is 2.57. The standard InChI is InChI=1S/C21H27N3O3/c1-20-9-10-21(27-20)14-24(13-15-7-5-4-6-8-15)19(26)17(21)16(20)18(25)22-11-12-23(2)3/h4-10,16-17H,11-14H2,1-3H3,(H,22,25). The van der Waals surface area contributed by atoms with Crippen LogP contribution in [0, 0.1) is 11.8 Å². The smallest absolute Gasteiger partial charge is 0.230 e. The van der Waals surface area contributed by atoms with Crippen LogP contribution in [-0.4, -0.2) is 66.5 Å². The molecule has 0 aliphatic carbocycles. The zero-order valence-corrected chi connectivity index (χ0v) is 16.1. The molecule has 144 valence electrons. The highest BCUT2D eigenvalue weighted by atomic mass is 16.5. The number of hydrogen-bond acceptors (Lipinski definition) is 4. The molecule has 0 radical (unpaired) electrons. The largest absolute Gasteiger partial charge is 0.357 e. The number of carbonyl (C=O) groups excluding carboxylic acids is 2. The molecule has 1 spiro atoms. The second-order valence-electron chi connectivity index (χ2n) is 8.30. The molecule has 4 atom stereocenters. The van der Waals surface area contributed by atoms with Gasteiger partial charge < -0.3 is 19.9 Å². The van der Waals surface area contributed by atoms with Gasteiger partial charge in [0.2, 0.25) is 11.8 Å². The molecule has 1 aromatic carbocycles. The summed E-state index contributed by atoms with van der Waals surface area (Å²) >= 11 is 0. The van der Waals surface area contributed by atoms with E-state index in [-0.39, 0.29) is 11.8 Å². The van der Waals surface area contributed by atoms with Crippen LogP contribution >= 0.6 is 0 Å². The summed E-state index contributed by atoms with van der Waals surface area (Å²) in [7, 11) is 3.93. The number of amides is 2. The van der Waals surface area contributed by atoms with Crippen LogP contribution in [-0.2, 0) is 20.9 Å². The quantitative estimate of drug-likeness (QED) is 0.761. The average molecular weight is 369 g/mol. The molecule has 3 aliphatic heterocycles. The fourth-order valence-electron chi connectivity index (χ4n) is 4.70. The first-order chi connectivity index (χ1) is 12.8. The van der Waals surface area contributed by atoms with Gasteiger partial charge in [-0.3, -0.25) is 9.59 Å². The van der Waals surface area contributed by atoms with Gasteiger partial charge in [0, 0.05) is 19.6 Å². The molecule has 6 nitrogen and oxygen atoms in total. The van der Waals surface area contributed by atoms with E-state index in [1.54, 1.807) is 0 Å². The van der Waals surface area contributed by atoms with Crippen molar-refractivity contribution in [2.45, 2.75) is 24.7 Å². The summed E-state index contributed by atoms with van der Waals surface area (Å²) in [5.41, 5.74) is -0.301. The van der Waals surface area contributed by atoms with E-state index in [0.29, 0.717) is 19.6 Å². The summed E-state index contributed by atoms with van der Waals surface area (Å²) in [4.78, 5) is 30.0. The number of hydrogen-bond donors (Lipinski definition) is 1. The molecule has 2 bridgehead atoms. The van der Waals surface area contributed by atoms with E-state index in [1.165, 1.54) is 0 Å². The Morgan fingerprint density at radius 3 is 2.74 bits per heavy atom. The molecular weight excluding hydrogens is 342 g/mol. The molecule has 2 fully saturated rings. The Morgan fingerprint density at radius 1 is 1.30 bits per heavy atom. The topological polar surface area (TPSA) is 61.9 Å². The van der Waals surface area contributed by atoms with Crippen LogP contribution in [0.3, 0.4) is 0 Å². The van der Waals surface area contributed by atoms with Crippen LogP contribution in [0.25, 0.3) is 0 Å². The Balaban J connectivity index is 1.54. The van der Waals surface area contributed by atoms with Gasteiger partial charge in [-0.2, -0.15) is 0 Å². The third-order valence-electron chi connectivity index (χ3n) is 5.96. The molecule has 1 N–H and O–H groups in total. The fourth-order valence-corrected chi connectivity index (χ4v) is 4.70. The van der Waals surface area contributed by atoms with Crippen molar-refractivity contribution >= 4 is 11.8 Å². The predicted molar refractivity (Wildman–Crippen MR) is 102 cm³/mol. The van der Waals surface area contributed by atoms with Gasteiger partial charge in [0.25, 0.3) is 0 Å². The summed E-state index contributed by atoms with van der Waals surface area (Å²) in [6.45, 7) is 4.28. The van der Waals surface area contributed by atoms with Crippen LogP contribution in [0.1, 0.15) is 12.5 Å². The number of rotatable bonds is 6. The highest BCUT2D eigenvalue weighted by molar-refractivity contribution is 5.93. The molecule has 1 aromatic rings. The monoisotopic (exact) mass is 369 g/mol. The van der Waals surface area contributed by atoms with Crippen molar-refractivity contribution in [1.82, 2.24) is 15.1 Å². The number of ether oxygens (including phenoxy) is 1. The lowest BCUT2D eigenvalue weighted by Gasteiger charge is -2.29. The Kier molecular flexibility index (Phi) is 4.35. The zero-order valence-electron chi connectivity index (χ0n) is 16.1. The molecule has 3 heterocycles. The van der Waals surface area contributed by atoms with Gasteiger partial charge in [-0.15, -0.1) is 0 Å². The van der Waals surface area contributed by atoms with Crippen molar-refractivity contribution in [3.05, 3.63) is 48.0 Å². The number of fused-ring (bicyclic) bond motifs is 1. The van der Waals surface area contributed by atoms with Crippen molar-refractivity contribution in [3.8, 4) is 0 Å². The van der Waals surface area contributed by atoms with E-state index in [4.69, 9.17) is 4.74 Å². The molecule has 3 aliphatic rings. The SMILES string of the molecule is CN(C)CCNC(=O)C1C2C(=O)N(Cc3ccccc3)CC23C=CC1(C)O3. The van der Waals surface area contributed by atoms with Crippen molar-refractivity contribution < 1.29 is 14.3 Å². The van der Waals surface area contributed by atoms with E-state index >= 15 is 0 Å². The van der Waals surface area contributed by atoms with Gasteiger partial charge in [0.15, 0.2) is 0 Å². The van der Waals surface area contributed by atoms with Crippen molar-refractivity contribution in [2.24, 2.45) is 11.8 Å². The number of likely N-dealkylation sites (N-methyl/N-ethyl adjacent to an activating group) is 1. The lowest BCUT2D eigenvalue weighted by molar-refractivity contribution is -0.139. The normalized spacial score (nSPS) is 33.8. The van der Waals surface area contributed by atoms with Gasteiger partial charge in [0.05, 0.1) is 24.0 Å². The number of nitrogens with one attached hydrogen (secondary N) is 1. The number of carbonyl (C=O) groups is 2. The summed E-state index contributed by atoms with van der Waals surface area (Å²) in [5, 5.41) is 3.00. The number of nitrogens with zero attached hydrogens (tertiary/aromatic N) is 2. The number of likely N-dealkylation sites (tertiary alicyclic amines) is 1. The first-order valence-electron chi connectivity index (χ1n) is 9.50. The van der Waals surface area contributed by atoms with Crippen LogP contribution in [0.2, 0.25) is 0 Å². The maximum Gasteiger partial charge on any atom is 0.230 e. The molecule has 4 rings (SSSR count). The second kappa shape index (κ2) is 6.46. The summed E-state index contributed by atoms with van der Waals surface area (Å²) in [5.74, 6) is -1.02. The Bertz CT molecular complexity index is 778. The van der Waals surface area contributed by atoms with E-state index in [2.05, 4.69) is 5.32 Å². The summed E-state index contributed by atoms with van der Waals surface area (Å²) < 4.78 is 6.33. The van der Waals surface area contributed by atoms with Crippen molar-refractivity contribution in [2.75, 3.05) is 33.7 Å². The minimum absolute atomic E-state index is 0.0136. The van der Waals surface area contributed by atoms with E-state index < -0.39 is 23.0 Å². The molecule has 2 amide bonds. The predicted octanol–water partition coefficient (Wildman–Crippen LogP) is 1.04.